The van der Waals surface area contributed by atoms with E-state index in [1.807, 2.05) is 80.0 Å². The van der Waals surface area contributed by atoms with Gasteiger partial charge in [0, 0.05) is 82.8 Å². The van der Waals surface area contributed by atoms with Crippen molar-refractivity contribution in [1.29, 1.82) is 5.26 Å². The Kier molecular flexibility index (Phi) is 15.4. The maximum Gasteiger partial charge on any atom is 0.353 e. The summed E-state index contributed by atoms with van der Waals surface area (Å²) in [6.45, 7) is 14.0. The van der Waals surface area contributed by atoms with Gasteiger partial charge in [0.05, 0.1) is 34.6 Å². The molecule has 6 saturated heterocycles. The number of nitrogens with one attached hydrogen (secondary N) is 1. The lowest BCUT2D eigenvalue weighted by Gasteiger charge is -2.50. The van der Waals surface area contributed by atoms with E-state index in [0.717, 1.165) is 77.5 Å². The Hall–Kier alpha value is -6.26. The zero-order valence-electron chi connectivity index (χ0n) is 40.5. The molecular formula is C58H60ClN6O6P. The number of pyridine rings is 2. The first kappa shape index (κ1) is 50.7. The van der Waals surface area contributed by atoms with E-state index in [4.69, 9.17) is 21.4 Å². The molecular weight excluding hydrogens is 943 g/mol. The van der Waals surface area contributed by atoms with Gasteiger partial charge in [-0.05, 0) is 152 Å². The zero-order valence-corrected chi connectivity index (χ0v) is 42.2. The standard InChI is InChI=1S/C20H16ClN2O4P.2C19H22N2O/c1-12-8-13(4-3-7-22)10-15(9-12)28(26,27-2)19-16-11-14(21)5-6-17(16)23-18(19)20(24)25;2*1-2-13-12-21-10-8-14(13)11-18(21)19(22)16-7-9-20-17-6-4-3-5-15(16)17/h3-6,8-11,23H,1-2H3,(H,24,25);2*2-7,9,13-14,18-19,22H,1,8,10-12H2/b4-3+;;/t;2*13?,14?,18-,19-/m.10/s1. The quantitative estimate of drug-likeness (QED) is 0.0551. The van der Waals surface area contributed by atoms with E-state index < -0.39 is 25.5 Å². The first-order chi connectivity index (χ1) is 34.8. The number of nitriles is 1. The van der Waals surface area contributed by atoms with Gasteiger partial charge in [0.15, 0.2) is 0 Å². The van der Waals surface area contributed by atoms with Crippen LogP contribution in [0.15, 0.2) is 141 Å². The third kappa shape index (κ3) is 10.1. The number of fused-ring (bicyclic) bond motifs is 9. The highest BCUT2D eigenvalue weighted by Gasteiger charge is 2.44. The second-order valence-corrected chi connectivity index (χ2v) is 22.2. The predicted molar refractivity (Wildman–Crippen MR) is 287 cm³/mol. The number of piperidine rings is 6. The molecule has 6 aliphatic heterocycles. The largest absolute Gasteiger partial charge is 0.477 e. The normalized spacial score (nSPS) is 24.8. The number of para-hydroxylation sites is 2. The second kappa shape index (κ2) is 21.8. The molecule has 9 heterocycles. The van der Waals surface area contributed by atoms with Crippen LogP contribution in [0.4, 0.5) is 0 Å². The lowest BCUT2D eigenvalue weighted by Crippen LogP contribution is -2.54. The van der Waals surface area contributed by atoms with Gasteiger partial charge in [0.25, 0.3) is 7.37 Å². The number of rotatable bonds is 11. The van der Waals surface area contributed by atoms with E-state index >= 15 is 0 Å². The number of allylic oxidation sites excluding steroid dienone is 1. The van der Waals surface area contributed by atoms with Crippen LogP contribution in [-0.2, 0) is 9.09 Å². The molecule has 7 aromatic rings. The molecule has 4 N–H and O–H groups in total. The number of carbonyl (C=O) groups is 1. The third-order valence-electron chi connectivity index (χ3n) is 15.3. The fourth-order valence-electron chi connectivity index (χ4n) is 11.7. The van der Waals surface area contributed by atoms with Crippen molar-refractivity contribution in [2.75, 3.05) is 33.3 Å². The monoisotopic (exact) mass is 1000 g/mol. The van der Waals surface area contributed by atoms with Gasteiger partial charge in [-0.2, -0.15) is 5.26 Å². The molecule has 3 aromatic heterocycles. The topological polar surface area (TPSA) is 176 Å². The van der Waals surface area contributed by atoms with Crippen molar-refractivity contribution in [1.82, 2.24) is 24.8 Å². The molecule has 4 bridgehead atoms. The minimum atomic E-state index is -3.79. The molecule has 12 nitrogen and oxygen atoms in total. The summed E-state index contributed by atoms with van der Waals surface area (Å²) in [6, 6.07) is 32.4. The Morgan fingerprint density at radius 2 is 1.39 bits per heavy atom. The van der Waals surface area contributed by atoms with Crippen molar-refractivity contribution in [3.8, 4) is 6.07 Å². The Bertz CT molecular complexity index is 3150. The van der Waals surface area contributed by atoms with E-state index in [2.05, 4.69) is 62.2 Å². The van der Waals surface area contributed by atoms with Gasteiger partial charge in [-0.25, -0.2) is 4.79 Å². The highest BCUT2D eigenvalue weighted by molar-refractivity contribution is 7.75. The SMILES string of the molecule is C=CC1CN2CCC1C[C@@H]2[C@H](O)c1ccnc2ccccc12.C=CC1CN2CCC1C[C@H]2[C@@H](O)c1ccnc2ccccc12.COP(=O)(c1cc(C)cc(/C=C/C#N)c1)c1c(C(=O)O)[nH]c2ccc(Cl)cc12. The molecule has 11 atom stereocenters. The number of carboxylic acids is 1. The van der Waals surface area contributed by atoms with Crippen LogP contribution in [0, 0.1) is 41.9 Å². The number of aromatic nitrogens is 3. The van der Waals surface area contributed by atoms with Crippen LogP contribution in [0.25, 0.3) is 38.8 Å². The van der Waals surface area contributed by atoms with Crippen molar-refractivity contribution in [2.24, 2.45) is 23.7 Å². The van der Waals surface area contributed by atoms with Crippen LogP contribution in [0.3, 0.4) is 0 Å². The van der Waals surface area contributed by atoms with Gasteiger partial charge in [-0.1, -0.05) is 66.2 Å². The highest BCUT2D eigenvalue weighted by atomic mass is 35.5. The van der Waals surface area contributed by atoms with Crippen molar-refractivity contribution >= 4 is 74.3 Å². The Labute approximate surface area is 425 Å². The lowest BCUT2D eigenvalue weighted by atomic mass is 9.73. The summed E-state index contributed by atoms with van der Waals surface area (Å²) < 4.78 is 19.5. The van der Waals surface area contributed by atoms with Crippen molar-refractivity contribution in [3.05, 3.63) is 174 Å². The molecule has 6 aliphatic rings. The average Bonchev–Trinajstić information content (AvgIpc) is 3.81. The Morgan fingerprint density at radius 1 is 0.833 bits per heavy atom. The third-order valence-corrected chi connectivity index (χ3v) is 18.1. The summed E-state index contributed by atoms with van der Waals surface area (Å²) in [5.41, 5.74) is 5.67. The zero-order chi connectivity index (χ0) is 50.7. The number of benzene rings is 4. The van der Waals surface area contributed by atoms with E-state index in [-0.39, 0.29) is 23.1 Å². The van der Waals surface area contributed by atoms with Gasteiger partial charge in [0.2, 0.25) is 0 Å². The van der Waals surface area contributed by atoms with Crippen LogP contribution < -0.4 is 10.6 Å². The van der Waals surface area contributed by atoms with E-state index in [9.17, 15) is 24.7 Å². The Balaban J connectivity index is 0.000000135. The molecule has 13 rings (SSSR count). The smallest absolute Gasteiger partial charge is 0.353 e. The number of aliphatic hydroxyl groups excluding tert-OH is 2. The van der Waals surface area contributed by atoms with Gasteiger partial charge < -0.3 is 24.8 Å². The van der Waals surface area contributed by atoms with Crippen molar-refractivity contribution < 1.29 is 29.2 Å². The molecule has 14 heteroatoms. The number of nitrogens with zero attached hydrogens (tertiary/aromatic N) is 5. The molecule has 4 aromatic carbocycles. The number of H-pyrrole nitrogens is 1. The van der Waals surface area contributed by atoms with Crippen LogP contribution >= 0.6 is 19.0 Å². The fourth-order valence-corrected chi connectivity index (χ4v) is 14.2. The number of carboxylic acid groups (broad SMARTS) is 1. The summed E-state index contributed by atoms with van der Waals surface area (Å²) in [4.78, 5) is 28.4. The summed E-state index contributed by atoms with van der Waals surface area (Å²) in [6.07, 6.45) is 14.4. The van der Waals surface area contributed by atoms with E-state index in [0.29, 0.717) is 50.5 Å². The number of hydrogen-bond donors (Lipinski definition) is 4. The number of aliphatic hydroxyl groups is 2. The molecule has 370 valence electrons. The van der Waals surface area contributed by atoms with Crippen LogP contribution in [0.1, 0.15) is 70.6 Å². The van der Waals surface area contributed by atoms with Gasteiger partial charge in [0.1, 0.15) is 5.69 Å². The molecule has 0 amide bonds. The second-order valence-electron chi connectivity index (χ2n) is 19.4. The van der Waals surface area contributed by atoms with E-state index in [1.54, 1.807) is 36.4 Å². The Morgan fingerprint density at radius 3 is 1.88 bits per heavy atom. The van der Waals surface area contributed by atoms with Crippen LogP contribution in [0.5, 0.6) is 0 Å². The van der Waals surface area contributed by atoms with Crippen LogP contribution in [0.2, 0.25) is 5.02 Å². The molecule has 0 spiro atoms. The lowest BCUT2D eigenvalue weighted by molar-refractivity contribution is -0.0445. The fraction of sp³-hybridized carbons (Fsp3) is 0.310. The molecule has 7 unspecified atom stereocenters. The van der Waals surface area contributed by atoms with Gasteiger partial charge in [-0.15, -0.1) is 13.2 Å². The predicted octanol–water partition coefficient (Wildman–Crippen LogP) is 10.6. The molecule has 0 aliphatic carbocycles. The summed E-state index contributed by atoms with van der Waals surface area (Å²) in [7, 11) is -2.51. The maximum atomic E-state index is 14.0. The summed E-state index contributed by atoms with van der Waals surface area (Å²) in [5, 5.41) is 43.8. The average molecular weight is 1000 g/mol. The molecule has 72 heavy (non-hydrogen) atoms. The molecule has 6 fully saturated rings. The number of aryl methyl sites for hydroxylation is 1. The minimum Gasteiger partial charge on any atom is -0.477 e. The summed E-state index contributed by atoms with van der Waals surface area (Å²) >= 11 is 6.09. The molecule has 0 radical (unpaired) electrons. The highest BCUT2D eigenvalue weighted by Crippen LogP contribution is 2.48. The first-order valence-corrected chi connectivity index (χ1v) is 26.5. The summed E-state index contributed by atoms with van der Waals surface area (Å²) in [5.74, 6) is 1.28. The minimum absolute atomic E-state index is 0.0563. The van der Waals surface area contributed by atoms with Crippen LogP contribution in [-0.4, -0.2) is 91.4 Å². The number of halogens is 1. The van der Waals surface area contributed by atoms with Crippen molar-refractivity contribution in [3.63, 3.8) is 0 Å². The first-order valence-electron chi connectivity index (χ1n) is 24.5. The van der Waals surface area contributed by atoms with Crippen molar-refractivity contribution in [2.45, 2.75) is 56.9 Å². The van der Waals surface area contributed by atoms with Gasteiger partial charge in [-0.3, -0.25) is 24.3 Å². The maximum absolute atomic E-state index is 14.0. The van der Waals surface area contributed by atoms with E-state index in [1.165, 1.54) is 26.0 Å². The molecule has 0 saturated carbocycles. The number of aromatic amines is 1. The number of aromatic carboxylic acids is 1. The number of hydrogen-bond acceptors (Lipinski definition) is 10. The van der Waals surface area contributed by atoms with Gasteiger partial charge >= 0.3 is 5.97 Å².